The number of nitrogens with one attached hydrogen (secondary N) is 1. The minimum Gasteiger partial charge on any atom is -0.452 e. The van der Waals surface area contributed by atoms with Crippen LogP contribution in [0.5, 0.6) is 0 Å². The van der Waals surface area contributed by atoms with Gasteiger partial charge in [-0.2, -0.15) is 0 Å². The van der Waals surface area contributed by atoms with Crippen molar-refractivity contribution in [1.82, 2.24) is 10.2 Å². The monoisotopic (exact) mass is 373 g/mol. The standard InChI is InChI=1S/C18H16ClN3O4/c19-13-7-5-12(6-8-13)17-22-21-16(26-17)11-25-18(24)14-3-1-2-4-15(14)20-9-10-23/h1-8,20,23H,9-11H2. The summed E-state index contributed by atoms with van der Waals surface area (Å²) in [6.45, 7) is 0.144. The molecule has 1 heterocycles. The summed E-state index contributed by atoms with van der Waals surface area (Å²) in [6.07, 6.45) is 0. The molecule has 0 bridgehead atoms. The molecule has 134 valence electrons. The molecule has 0 fully saturated rings. The van der Waals surface area contributed by atoms with Crippen LogP contribution >= 0.6 is 11.6 Å². The van der Waals surface area contributed by atoms with Crippen LogP contribution in [-0.4, -0.2) is 34.4 Å². The van der Waals surface area contributed by atoms with E-state index in [-0.39, 0.29) is 19.1 Å². The first kappa shape index (κ1) is 17.9. The summed E-state index contributed by atoms with van der Waals surface area (Å²) in [4.78, 5) is 12.3. The fraction of sp³-hybridized carbons (Fsp3) is 0.167. The molecule has 0 radical (unpaired) electrons. The van der Waals surface area contributed by atoms with Crippen molar-refractivity contribution in [2.45, 2.75) is 6.61 Å². The maximum absolute atomic E-state index is 12.3. The molecule has 2 N–H and O–H groups in total. The average molecular weight is 374 g/mol. The van der Waals surface area contributed by atoms with Gasteiger partial charge in [-0.25, -0.2) is 4.79 Å². The number of ether oxygens (including phenoxy) is 1. The molecule has 0 saturated carbocycles. The third-order valence-corrected chi connectivity index (χ3v) is 3.71. The molecule has 0 saturated heterocycles. The topological polar surface area (TPSA) is 97.5 Å². The van der Waals surface area contributed by atoms with E-state index in [1.165, 1.54) is 0 Å². The molecule has 0 aliphatic carbocycles. The van der Waals surface area contributed by atoms with Crippen molar-refractivity contribution >= 4 is 23.3 Å². The number of hydrogen-bond donors (Lipinski definition) is 2. The van der Waals surface area contributed by atoms with Crippen LogP contribution in [0, 0.1) is 0 Å². The van der Waals surface area contributed by atoms with E-state index in [1.54, 1.807) is 48.5 Å². The van der Waals surface area contributed by atoms with Crippen LogP contribution in [0.3, 0.4) is 0 Å². The van der Waals surface area contributed by atoms with Gasteiger partial charge < -0.3 is 19.6 Å². The van der Waals surface area contributed by atoms with E-state index in [4.69, 9.17) is 25.9 Å². The Morgan fingerprint density at radius 1 is 1.15 bits per heavy atom. The molecule has 0 atom stereocenters. The molecule has 0 unspecified atom stereocenters. The molecule has 26 heavy (non-hydrogen) atoms. The predicted molar refractivity (Wildman–Crippen MR) is 95.9 cm³/mol. The zero-order chi connectivity index (χ0) is 18.4. The van der Waals surface area contributed by atoms with E-state index in [1.807, 2.05) is 0 Å². The number of aromatic nitrogens is 2. The third kappa shape index (κ3) is 4.38. The van der Waals surface area contributed by atoms with Crippen molar-refractivity contribution < 1.29 is 19.1 Å². The van der Waals surface area contributed by atoms with Gasteiger partial charge in [-0.05, 0) is 36.4 Å². The Hall–Kier alpha value is -2.90. The second-order valence-electron chi connectivity index (χ2n) is 5.28. The maximum Gasteiger partial charge on any atom is 0.340 e. The molecule has 2 aromatic carbocycles. The highest BCUT2D eigenvalue weighted by Gasteiger charge is 2.15. The van der Waals surface area contributed by atoms with Gasteiger partial charge >= 0.3 is 5.97 Å². The van der Waals surface area contributed by atoms with Crippen LogP contribution in [0.25, 0.3) is 11.5 Å². The zero-order valence-corrected chi connectivity index (χ0v) is 14.4. The average Bonchev–Trinajstić information content (AvgIpc) is 3.14. The molecule has 0 aliphatic heterocycles. The summed E-state index contributed by atoms with van der Waals surface area (Å²) in [5.74, 6) is -0.0286. The van der Waals surface area contributed by atoms with Crippen LogP contribution < -0.4 is 5.32 Å². The number of esters is 1. The molecule has 7 nitrogen and oxygen atoms in total. The van der Waals surface area contributed by atoms with Crippen LogP contribution in [0.4, 0.5) is 5.69 Å². The van der Waals surface area contributed by atoms with Crippen LogP contribution in [0.15, 0.2) is 52.9 Å². The second kappa shape index (κ2) is 8.46. The summed E-state index contributed by atoms with van der Waals surface area (Å²) in [5.41, 5.74) is 1.66. The first-order valence-electron chi connectivity index (χ1n) is 7.86. The number of aliphatic hydroxyl groups is 1. The Morgan fingerprint density at radius 3 is 2.69 bits per heavy atom. The second-order valence-corrected chi connectivity index (χ2v) is 5.72. The van der Waals surface area contributed by atoms with Crippen LogP contribution in [-0.2, 0) is 11.3 Å². The van der Waals surface area contributed by atoms with Crippen LogP contribution in [0.2, 0.25) is 5.02 Å². The first-order valence-corrected chi connectivity index (χ1v) is 8.24. The Labute approximate surface area is 154 Å². The molecule has 3 aromatic rings. The molecule has 1 aromatic heterocycles. The lowest BCUT2D eigenvalue weighted by atomic mass is 10.2. The summed E-state index contributed by atoms with van der Waals surface area (Å²) in [6, 6.07) is 13.8. The van der Waals surface area contributed by atoms with Gasteiger partial charge in [0.15, 0.2) is 6.61 Å². The lowest BCUT2D eigenvalue weighted by Gasteiger charge is -2.10. The number of anilines is 1. The minimum atomic E-state index is -0.530. The predicted octanol–water partition coefficient (Wildman–Crippen LogP) is 3.15. The Balaban J connectivity index is 1.64. The van der Waals surface area contributed by atoms with Gasteiger partial charge in [0.2, 0.25) is 5.89 Å². The molecule has 0 aliphatic rings. The van der Waals surface area contributed by atoms with E-state index in [9.17, 15) is 4.79 Å². The summed E-state index contributed by atoms with van der Waals surface area (Å²) < 4.78 is 10.7. The van der Waals surface area contributed by atoms with E-state index < -0.39 is 5.97 Å². The smallest absolute Gasteiger partial charge is 0.340 e. The normalized spacial score (nSPS) is 10.5. The van der Waals surface area contributed by atoms with E-state index >= 15 is 0 Å². The number of hydrogen-bond acceptors (Lipinski definition) is 7. The Bertz CT molecular complexity index is 880. The highest BCUT2D eigenvalue weighted by molar-refractivity contribution is 6.30. The summed E-state index contributed by atoms with van der Waals surface area (Å²) in [5, 5.41) is 20.3. The molecule has 0 spiro atoms. The number of para-hydroxylation sites is 1. The van der Waals surface area contributed by atoms with Gasteiger partial charge in [-0.15, -0.1) is 10.2 Å². The maximum atomic E-state index is 12.3. The number of carbonyl (C=O) groups is 1. The minimum absolute atomic E-state index is 0.0428. The lowest BCUT2D eigenvalue weighted by Crippen LogP contribution is -2.12. The van der Waals surface area contributed by atoms with E-state index in [2.05, 4.69) is 15.5 Å². The van der Waals surface area contributed by atoms with Gasteiger partial charge in [-0.1, -0.05) is 23.7 Å². The van der Waals surface area contributed by atoms with Crippen molar-refractivity contribution in [2.24, 2.45) is 0 Å². The Kier molecular flexibility index (Phi) is 5.83. The van der Waals surface area contributed by atoms with E-state index in [0.717, 1.165) is 5.56 Å². The van der Waals surface area contributed by atoms with Gasteiger partial charge in [-0.3, -0.25) is 0 Å². The largest absolute Gasteiger partial charge is 0.452 e. The van der Waals surface area contributed by atoms with Crippen molar-refractivity contribution in [1.29, 1.82) is 0 Å². The highest BCUT2D eigenvalue weighted by Crippen LogP contribution is 2.21. The van der Waals surface area contributed by atoms with Crippen LogP contribution in [0.1, 0.15) is 16.2 Å². The summed E-state index contributed by atoms with van der Waals surface area (Å²) in [7, 11) is 0. The number of benzene rings is 2. The zero-order valence-electron chi connectivity index (χ0n) is 13.7. The molecular weight excluding hydrogens is 358 g/mol. The number of rotatable bonds is 7. The van der Waals surface area contributed by atoms with Crippen molar-refractivity contribution in [2.75, 3.05) is 18.5 Å². The van der Waals surface area contributed by atoms with Gasteiger partial charge in [0.25, 0.3) is 5.89 Å². The molecule has 0 amide bonds. The third-order valence-electron chi connectivity index (χ3n) is 3.46. The van der Waals surface area contributed by atoms with E-state index in [0.29, 0.717) is 28.7 Å². The number of aliphatic hydroxyl groups excluding tert-OH is 1. The number of nitrogens with zero attached hydrogens (tertiary/aromatic N) is 2. The molecule has 8 heteroatoms. The number of carbonyl (C=O) groups excluding carboxylic acids is 1. The van der Waals surface area contributed by atoms with Crippen molar-refractivity contribution in [3.05, 3.63) is 65.0 Å². The molecule has 3 rings (SSSR count). The summed E-state index contributed by atoms with van der Waals surface area (Å²) >= 11 is 5.85. The van der Waals surface area contributed by atoms with Crippen molar-refractivity contribution in [3.8, 4) is 11.5 Å². The van der Waals surface area contributed by atoms with Gasteiger partial charge in [0.1, 0.15) is 0 Å². The van der Waals surface area contributed by atoms with Gasteiger partial charge in [0.05, 0.1) is 12.2 Å². The number of halogens is 1. The lowest BCUT2D eigenvalue weighted by molar-refractivity contribution is 0.0440. The molecular formula is C18H16ClN3O4. The fourth-order valence-electron chi connectivity index (χ4n) is 2.23. The SMILES string of the molecule is O=C(OCc1nnc(-c2ccc(Cl)cc2)o1)c1ccccc1NCCO. The fourth-order valence-corrected chi connectivity index (χ4v) is 2.36. The van der Waals surface area contributed by atoms with Gasteiger partial charge in [0, 0.05) is 22.8 Å². The first-order chi connectivity index (χ1) is 12.7. The Morgan fingerprint density at radius 2 is 1.92 bits per heavy atom. The quantitative estimate of drug-likeness (QED) is 0.614. The highest BCUT2D eigenvalue weighted by atomic mass is 35.5. The van der Waals surface area contributed by atoms with Crippen molar-refractivity contribution in [3.63, 3.8) is 0 Å².